The smallest absolute Gasteiger partial charge is 0.250 e. The number of hydrogen-bond acceptors (Lipinski definition) is 4. The zero-order chi connectivity index (χ0) is 18.6. The van der Waals surface area contributed by atoms with Gasteiger partial charge in [0.1, 0.15) is 4.21 Å². The molecular weight excluding hydrogens is 356 g/mol. The van der Waals surface area contributed by atoms with Crippen molar-refractivity contribution in [2.45, 2.75) is 50.4 Å². The fourth-order valence-electron chi connectivity index (χ4n) is 2.34. The first-order valence-corrected chi connectivity index (χ1v) is 10.4. The van der Waals surface area contributed by atoms with Gasteiger partial charge in [0, 0.05) is 17.8 Å². The van der Waals surface area contributed by atoms with Crippen molar-refractivity contribution in [2.75, 3.05) is 0 Å². The SMILES string of the molecule is CC(=O)NCc1ccc(S(=O)(=O)N[C@H](C)c2ccc(C(C)C)cc2)s1. The number of hydrogen-bond donors (Lipinski definition) is 2. The summed E-state index contributed by atoms with van der Waals surface area (Å²) in [4.78, 5) is 11.7. The maximum Gasteiger partial charge on any atom is 0.250 e. The van der Waals surface area contributed by atoms with Crippen LogP contribution in [-0.4, -0.2) is 14.3 Å². The summed E-state index contributed by atoms with van der Waals surface area (Å²) in [6, 6.07) is 10.9. The first kappa shape index (κ1) is 19.6. The van der Waals surface area contributed by atoms with Crippen LogP contribution in [0.4, 0.5) is 0 Å². The zero-order valence-electron chi connectivity index (χ0n) is 14.9. The molecule has 7 heteroatoms. The highest BCUT2D eigenvalue weighted by molar-refractivity contribution is 7.91. The van der Waals surface area contributed by atoms with Crippen molar-refractivity contribution < 1.29 is 13.2 Å². The van der Waals surface area contributed by atoms with Gasteiger partial charge in [-0.2, -0.15) is 0 Å². The Kier molecular flexibility index (Phi) is 6.37. The normalized spacial score (nSPS) is 13.0. The molecule has 0 aliphatic carbocycles. The standard InChI is InChI=1S/C18H24N2O3S2/c1-12(2)15-5-7-16(8-6-15)13(3)20-25(22,23)18-10-9-17(24-18)11-19-14(4)21/h5-10,12-13,20H,11H2,1-4H3,(H,19,21)/t13-/m1/s1. The van der Waals surface area contributed by atoms with Crippen LogP contribution in [0.15, 0.2) is 40.6 Å². The average molecular weight is 381 g/mol. The molecule has 1 heterocycles. The van der Waals surface area contributed by atoms with Gasteiger partial charge in [0.25, 0.3) is 10.0 Å². The molecule has 0 fully saturated rings. The maximum absolute atomic E-state index is 12.6. The number of carbonyl (C=O) groups excluding carboxylic acids is 1. The van der Waals surface area contributed by atoms with Gasteiger partial charge >= 0.3 is 0 Å². The van der Waals surface area contributed by atoms with Crippen molar-refractivity contribution in [2.24, 2.45) is 0 Å². The lowest BCUT2D eigenvalue weighted by Crippen LogP contribution is -2.26. The highest BCUT2D eigenvalue weighted by Gasteiger charge is 2.20. The van der Waals surface area contributed by atoms with Crippen LogP contribution in [0.25, 0.3) is 0 Å². The van der Waals surface area contributed by atoms with E-state index >= 15 is 0 Å². The molecule has 0 aliphatic rings. The molecule has 0 saturated carbocycles. The summed E-state index contributed by atoms with van der Waals surface area (Å²) in [5.74, 6) is 0.295. The summed E-state index contributed by atoms with van der Waals surface area (Å²) in [7, 11) is -3.60. The fourth-order valence-corrected chi connectivity index (χ4v) is 4.88. The van der Waals surface area contributed by atoms with E-state index in [2.05, 4.69) is 23.9 Å². The van der Waals surface area contributed by atoms with Crippen molar-refractivity contribution in [1.29, 1.82) is 0 Å². The number of benzene rings is 1. The highest BCUT2D eigenvalue weighted by atomic mass is 32.2. The molecule has 25 heavy (non-hydrogen) atoms. The van der Waals surface area contributed by atoms with Gasteiger partial charge in [-0.25, -0.2) is 13.1 Å². The minimum atomic E-state index is -3.60. The predicted molar refractivity (Wildman–Crippen MR) is 101 cm³/mol. The summed E-state index contributed by atoms with van der Waals surface area (Å²) >= 11 is 1.16. The highest BCUT2D eigenvalue weighted by Crippen LogP contribution is 2.24. The van der Waals surface area contributed by atoms with Gasteiger partial charge in [-0.3, -0.25) is 4.79 Å². The maximum atomic E-state index is 12.6. The third-order valence-electron chi connectivity index (χ3n) is 3.85. The predicted octanol–water partition coefficient (Wildman–Crippen LogP) is 3.55. The Labute approximate surface area is 153 Å². The van der Waals surface area contributed by atoms with Crippen LogP contribution in [0.3, 0.4) is 0 Å². The first-order chi connectivity index (χ1) is 11.7. The Balaban J connectivity index is 2.08. The minimum Gasteiger partial charge on any atom is -0.351 e. The number of carbonyl (C=O) groups is 1. The van der Waals surface area contributed by atoms with Crippen molar-refractivity contribution in [3.8, 4) is 0 Å². The zero-order valence-corrected chi connectivity index (χ0v) is 16.5. The van der Waals surface area contributed by atoms with Crippen LogP contribution >= 0.6 is 11.3 Å². The van der Waals surface area contributed by atoms with Crippen LogP contribution in [0.5, 0.6) is 0 Å². The summed E-state index contributed by atoms with van der Waals surface area (Å²) < 4.78 is 28.1. The third kappa shape index (κ3) is 5.39. The van der Waals surface area contributed by atoms with Gasteiger partial charge in [0.15, 0.2) is 0 Å². The molecule has 1 aromatic heterocycles. The molecule has 136 valence electrons. The topological polar surface area (TPSA) is 75.3 Å². The largest absolute Gasteiger partial charge is 0.351 e. The van der Waals surface area contributed by atoms with Gasteiger partial charge in [0.05, 0.1) is 6.54 Å². The van der Waals surface area contributed by atoms with E-state index in [-0.39, 0.29) is 16.2 Å². The Morgan fingerprint density at radius 2 is 1.64 bits per heavy atom. The van der Waals surface area contributed by atoms with Gasteiger partial charge in [-0.05, 0) is 36.1 Å². The molecule has 0 saturated heterocycles. The molecule has 2 aromatic rings. The lowest BCUT2D eigenvalue weighted by atomic mass is 10.00. The second-order valence-electron chi connectivity index (χ2n) is 6.29. The molecule has 2 N–H and O–H groups in total. The number of sulfonamides is 1. The molecule has 1 aromatic carbocycles. The van der Waals surface area contributed by atoms with E-state index in [0.717, 1.165) is 21.8 Å². The van der Waals surface area contributed by atoms with E-state index in [0.29, 0.717) is 12.5 Å². The van der Waals surface area contributed by atoms with Crippen molar-refractivity contribution >= 4 is 27.3 Å². The number of amides is 1. The average Bonchev–Trinajstić information content (AvgIpc) is 3.02. The van der Waals surface area contributed by atoms with Crippen LogP contribution in [0.1, 0.15) is 55.7 Å². The molecule has 0 unspecified atom stereocenters. The van der Waals surface area contributed by atoms with E-state index < -0.39 is 10.0 Å². The molecule has 2 rings (SSSR count). The Bertz CT molecular complexity index is 824. The molecule has 0 spiro atoms. The number of thiophene rings is 1. The quantitative estimate of drug-likeness (QED) is 0.771. The number of rotatable bonds is 7. The molecule has 1 atom stereocenters. The van der Waals surface area contributed by atoms with Gasteiger partial charge in [-0.15, -0.1) is 11.3 Å². The lowest BCUT2D eigenvalue weighted by Gasteiger charge is -2.15. The second kappa shape index (κ2) is 8.12. The van der Waals surface area contributed by atoms with E-state index in [1.807, 2.05) is 31.2 Å². The number of nitrogens with one attached hydrogen (secondary N) is 2. The van der Waals surface area contributed by atoms with Crippen LogP contribution in [-0.2, 0) is 21.4 Å². The van der Waals surface area contributed by atoms with Gasteiger partial charge < -0.3 is 5.32 Å². The van der Waals surface area contributed by atoms with Gasteiger partial charge in [0.2, 0.25) is 5.91 Å². The van der Waals surface area contributed by atoms with E-state index in [9.17, 15) is 13.2 Å². The van der Waals surface area contributed by atoms with E-state index in [1.165, 1.54) is 12.5 Å². The summed E-state index contributed by atoms with van der Waals surface area (Å²) in [5.41, 5.74) is 2.14. The Hall–Kier alpha value is -1.70. The second-order valence-corrected chi connectivity index (χ2v) is 9.40. The Morgan fingerprint density at radius 1 is 1.04 bits per heavy atom. The van der Waals surface area contributed by atoms with Crippen molar-refractivity contribution in [1.82, 2.24) is 10.0 Å². The molecule has 0 bridgehead atoms. The summed E-state index contributed by atoms with van der Waals surface area (Å²) in [5, 5.41) is 2.66. The monoisotopic (exact) mass is 380 g/mol. The van der Waals surface area contributed by atoms with Crippen molar-refractivity contribution in [3.05, 3.63) is 52.4 Å². The minimum absolute atomic E-state index is 0.144. The Morgan fingerprint density at radius 3 is 2.20 bits per heavy atom. The molecule has 0 aliphatic heterocycles. The lowest BCUT2D eigenvalue weighted by molar-refractivity contribution is -0.119. The summed E-state index contributed by atoms with van der Waals surface area (Å²) in [6.45, 7) is 7.83. The fraction of sp³-hybridized carbons (Fsp3) is 0.389. The molecule has 1 amide bonds. The molecule has 5 nitrogen and oxygen atoms in total. The van der Waals surface area contributed by atoms with Gasteiger partial charge in [-0.1, -0.05) is 38.1 Å². The van der Waals surface area contributed by atoms with E-state index in [4.69, 9.17) is 0 Å². The van der Waals surface area contributed by atoms with E-state index in [1.54, 1.807) is 12.1 Å². The van der Waals surface area contributed by atoms with Crippen LogP contribution < -0.4 is 10.0 Å². The van der Waals surface area contributed by atoms with Crippen LogP contribution in [0, 0.1) is 0 Å². The summed E-state index contributed by atoms with van der Waals surface area (Å²) in [6.07, 6.45) is 0. The first-order valence-electron chi connectivity index (χ1n) is 8.14. The van der Waals surface area contributed by atoms with Crippen molar-refractivity contribution in [3.63, 3.8) is 0 Å². The molecular formula is C18H24N2O3S2. The van der Waals surface area contributed by atoms with Crippen LogP contribution in [0.2, 0.25) is 0 Å². The molecule has 0 radical (unpaired) electrons. The third-order valence-corrected chi connectivity index (χ3v) is 6.97.